The van der Waals surface area contributed by atoms with Gasteiger partial charge in [-0.2, -0.15) is 5.10 Å². The first-order valence-corrected chi connectivity index (χ1v) is 7.71. The van der Waals surface area contributed by atoms with Gasteiger partial charge in [-0.25, -0.2) is 5.43 Å². The predicted octanol–water partition coefficient (Wildman–Crippen LogP) is 3.70. The first-order chi connectivity index (χ1) is 11.2. The van der Waals surface area contributed by atoms with Gasteiger partial charge in [-0.05, 0) is 40.2 Å². The number of benzene rings is 2. The largest absolute Gasteiger partial charge is 0.496 e. The van der Waals surface area contributed by atoms with Crippen LogP contribution in [-0.2, 0) is 0 Å². The number of aromatic nitrogens is 1. The topological polar surface area (TPSA) is 66.5 Å². The Morgan fingerprint density at radius 2 is 2.13 bits per heavy atom. The maximum atomic E-state index is 12.1. The van der Waals surface area contributed by atoms with Crippen molar-refractivity contribution in [3.63, 3.8) is 0 Å². The quantitative estimate of drug-likeness (QED) is 0.542. The number of carbonyl (C=O) groups is 1. The molecule has 1 aromatic heterocycles. The molecule has 0 atom stereocenters. The monoisotopic (exact) mass is 371 g/mol. The molecule has 116 valence electrons. The summed E-state index contributed by atoms with van der Waals surface area (Å²) in [6.07, 6.45) is 3.47. The van der Waals surface area contributed by atoms with Gasteiger partial charge in [-0.3, -0.25) is 4.79 Å². The maximum Gasteiger partial charge on any atom is 0.271 e. The first-order valence-electron chi connectivity index (χ1n) is 6.92. The van der Waals surface area contributed by atoms with Gasteiger partial charge in [-0.1, -0.05) is 18.2 Å². The highest BCUT2D eigenvalue weighted by Crippen LogP contribution is 2.25. The van der Waals surface area contributed by atoms with Crippen molar-refractivity contribution in [2.24, 2.45) is 5.10 Å². The van der Waals surface area contributed by atoms with Crippen molar-refractivity contribution < 1.29 is 9.53 Å². The van der Waals surface area contributed by atoms with Gasteiger partial charge in [0, 0.05) is 28.2 Å². The third-order valence-corrected chi connectivity index (χ3v) is 4.02. The number of hydrogen-bond donors (Lipinski definition) is 2. The van der Waals surface area contributed by atoms with E-state index in [2.05, 4.69) is 31.4 Å². The molecule has 0 saturated heterocycles. The van der Waals surface area contributed by atoms with E-state index in [0.717, 1.165) is 16.5 Å². The number of H-pyrrole nitrogens is 1. The second-order valence-electron chi connectivity index (χ2n) is 4.84. The molecule has 0 radical (unpaired) electrons. The number of fused-ring (bicyclic) bond motifs is 1. The molecule has 3 rings (SSSR count). The Balaban J connectivity index is 1.72. The molecule has 1 heterocycles. The molecule has 1 amide bonds. The van der Waals surface area contributed by atoms with E-state index in [1.54, 1.807) is 31.5 Å². The Bertz CT molecular complexity index is 886. The van der Waals surface area contributed by atoms with Gasteiger partial charge in [0.15, 0.2) is 0 Å². The second kappa shape index (κ2) is 6.66. The minimum Gasteiger partial charge on any atom is -0.496 e. The fourth-order valence-electron chi connectivity index (χ4n) is 2.23. The van der Waals surface area contributed by atoms with Crippen molar-refractivity contribution in [1.82, 2.24) is 10.4 Å². The Kier molecular flexibility index (Phi) is 4.43. The van der Waals surface area contributed by atoms with Crippen molar-refractivity contribution in [1.29, 1.82) is 0 Å². The number of ether oxygens (including phenoxy) is 1. The van der Waals surface area contributed by atoms with Gasteiger partial charge in [0.2, 0.25) is 0 Å². The average Bonchev–Trinajstić information content (AvgIpc) is 2.98. The van der Waals surface area contributed by atoms with Crippen LogP contribution in [0.1, 0.15) is 15.9 Å². The number of aromatic amines is 1. The molecule has 0 aliphatic heterocycles. The van der Waals surface area contributed by atoms with E-state index < -0.39 is 0 Å². The molecular formula is C17H14BrN3O2. The van der Waals surface area contributed by atoms with Gasteiger partial charge in [-0.15, -0.1) is 0 Å². The molecule has 0 unspecified atom stereocenters. The van der Waals surface area contributed by atoms with Gasteiger partial charge in [0.25, 0.3) is 5.91 Å². The zero-order chi connectivity index (χ0) is 16.2. The van der Waals surface area contributed by atoms with E-state index in [1.807, 2.05) is 30.5 Å². The third-order valence-electron chi connectivity index (χ3n) is 3.40. The number of amides is 1. The molecule has 0 spiro atoms. The number of halogens is 1. The number of nitrogens with zero attached hydrogens (tertiary/aromatic N) is 1. The fraction of sp³-hybridized carbons (Fsp3) is 0.0588. The highest BCUT2D eigenvalue weighted by atomic mass is 79.9. The van der Waals surface area contributed by atoms with E-state index >= 15 is 0 Å². The second-order valence-corrected chi connectivity index (χ2v) is 5.69. The minimum absolute atomic E-state index is 0.288. The normalized spacial score (nSPS) is 11.0. The zero-order valence-electron chi connectivity index (χ0n) is 12.3. The molecule has 0 bridgehead atoms. The van der Waals surface area contributed by atoms with Gasteiger partial charge in [0.1, 0.15) is 5.75 Å². The van der Waals surface area contributed by atoms with Crippen LogP contribution in [-0.4, -0.2) is 24.2 Å². The molecule has 23 heavy (non-hydrogen) atoms. The van der Waals surface area contributed by atoms with Crippen LogP contribution < -0.4 is 10.2 Å². The average molecular weight is 372 g/mol. The van der Waals surface area contributed by atoms with Crippen molar-refractivity contribution >= 4 is 39.0 Å². The summed E-state index contributed by atoms with van der Waals surface area (Å²) in [5, 5.41) is 5.07. The van der Waals surface area contributed by atoms with Crippen LogP contribution in [0.4, 0.5) is 0 Å². The van der Waals surface area contributed by atoms with E-state index in [0.29, 0.717) is 15.8 Å². The molecule has 5 nitrogen and oxygen atoms in total. The van der Waals surface area contributed by atoms with Crippen molar-refractivity contribution in [2.75, 3.05) is 7.11 Å². The van der Waals surface area contributed by atoms with Crippen LogP contribution in [0.3, 0.4) is 0 Å². The molecule has 2 N–H and O–H groups in total. The van der Waals surface area contributed by atoms with E-state index in [1.165, 1.54) is 0 Å². The third kappa shape index (κ3) is 3.27. The van der Waals surface area contributed by atoms with Crippen LogP contribution in [0.25, 0.3) is 10.9 Å². The number of hydrogen-bond acceptors (Lipinski definition) is 3. The molecule has 0 aliphatic rings. The van der Waals surface area contributed by atoms with Crippen LogP contribution in [0.15, 0.2) is 58.2 Å². The molecule has 2 aromatic carbocycles. The zero-order valence-corrected chi connectivity index (χ0v) is 13.9. The Labute approximate surface area is 141 Å². The lowest BCUT2D eigenvalue weighted by Crippen LogP contribution is -2.17. The Morgan fingerprint density at radius 3 is 2.91 bits per heavy atom. The van der Waals surface area contributed by atoms with Crippen LogP contribution in [0.2, 0.25) is 0 Å². The van der Waals surface area contributed by atoms with Gasteiger partial charge < -0.3 is 9.72 Å². The van der Waals surface area contributed by atoms with Crippen LogP contribution in [0, 0.1) is 0 Å². The summed E-state index contributed by atoms with van der Waals surface area (Å²) >= 11 is 3.35. The molecule has 0 fully saturated rings. The van der Waals surface area contributed by atoms with Crippen molar-refractivity contribution in [3.8, 4) is 5.75 Å². The SMILES string of the molecule is COc1ccc(C(=O)NN=Cc2c[nH]c3ccccc23)cc1Br. The highest BCUT2D eigenvalue weighted by Gasteiger charge is 2.08. The smallest absolute Gasteiger partial charge is 0.271 e. The number of hydrazone groups is 1. The Morgan fingerprint density at radius 1 is 1.30 bits per heavy atom. The van der Waals surface area contributed by atoms with Crippen molar-refractivity contribution in [2.45, 2.75) is 0 Å². The molecule has 6 heteroatoms. The standard InChI is InChI=1S/C17H14BrN3O2/c1-23-16-7-6-11(8-14(16)18)17(22)21-20-10-12-9-19-15-5-3-2-4-13(12)15/h2-10,19H,1H3,(H,21,22). The predicted molar refractivity (Wildman–Crippen MR) is 94.1 cm³/mol. The fourth-order valence-corrected chi connectivity index (χ4v) is 2.77. The Hall–Kier alpha value is -2.60. The summed E-state index contributed by atoms with van der Waals surface area (Å²) in [4.78, 5) is 15.2. The first kappa shape index (κ1) is 15.3. The summed E-state index contributed by atoms with van der Waals surface area (Å²) in [7, 11) is 1.57. The lowest BCUT2D eigenvalue weighted by molar-refractivity contribution is 0.0955. The van der Waals surface area contributed by atoms with E-state index in [4.69, 9.17) is 4.74 Å². The van der Waals surface area contributed by atoms with E-state index in [-0.39, 0.29) is 5.91 Å². The van der Waals surface area contributed by atoms with Gasteiger partial charge in [0.05, 0.1) is 17.8 Å². The summed E-state index contributed by atoms with van der Waals surface area (Å²) in [6.45, 7) is 0. The summed E-state index contributed by atoms with van der Waals surface area (Å²) < 4.78 is 5.86. The van der Waals surface area contributed by atoms with Crippen LogP contribution >= 0.6 is 15.9 Å². The lowest BCUT2D eigenvalue weighted by Gasteiger charge is -2.05. The number of rotatable bonds is 4. The minimum atomic E-state index is -0.288. The molecule has 0 aliphatic carbocycles. The van der Waals surface area contributed by atoms with E-state index in [9.17, 15) is 4.79 Å². The molecule has 3 aromatic rings. The number of carbonyl (C=O) groups excluding carboxylic acids is 1. The maximum absolute atomic E-state index is 12.1. The lowest BCUT2D eigenvalue weighted by atomic mass is 10.2. The number of methoxy groups -OCH3 is 1. The van der Waals surface area contributed by atoms with Gasteiger partial charge >= 0.3 is 0 Å². The molecule has 0 saturated carbocycles. The molecular weight excluding hydrogens is 358 g/mol. The summed E-state index contributed by atoms with van der Waals surface area (Å²) in [5.41, 5.74) is 4.96. The number of para-hydroxylation sites is 1. The highest BCUT2D eigenvalue weighted by molar-refractivity contribution is 9.10. The van der Waals surface area contributed by atoms with Crippen molar-refractivity contribution in [3.05, 3.63) is 64.3 Å². The summed E-state index contributed by atoms with van der Waals surface area (Å²) in [6, 6.07) is 13.0. The number of nitrogens with one attached hydrogen (secondary N) is 2. The summed E-state index contributed by atoms with van der Waals surface area (Å²) in [5.74, 6) is 0.383. The van der Waals surface area contributed by atoms with Crippen LogP contribution in [0.5, 0.6) is 5.75 Å².